The van der Waals surface area contributed by atoms with Gasteiger partial charge >= 0.3 is 5.97 Å². The zero-order valence-corrected chi connectivity index (χ0v) is 15.7. The van der Waals surface area contributed by atoms with Crippen LogP contribution in [0.25, 0.3) is 5.69 Å². The molecule has 3 rings (SSSR count). The molecule has 0 radical (unpaired) electrons. The smallest absolute Gasteiger partial charge is 0.339 e. The highest BCUT2D eigenvalue weighted by molar-refractivity contribution is 6.30. The van der Waals surface area contributed by atoms with Crippen molar-refractivity contribution in [2.75, 3.05) is 14.2 Å². The van der Waals surface area contributed by atoms with E-state index in [2.05, 4.69) is 5.10 Å². The number of benzene rings is 2. The zero-order valence-electron chi connectivity index (χ0n) is 15.0. The minimum absolute atomic E-state index is 0.241. The van der Waals surface area contributed by atoms with Crippen LogP contribution in [0.1, 0.15) is 17.2 Å². The van der Waals surface area contributed by atoms with E-state index in [4.69, 9.17) is 25.8 Å². The molecule has 1 heterocycles. The van der Waals surface area contributed by atoms with E-state index in [9.17, 15) is 4.79 Å². The van der Waals surface area contributed by atoms with Crippen molar-refractivity contribution in [1.29, 1.82) is 0 Å². The molecule has 27 heavy (non-hydrogen) atoms. The normalized spacial score (nSPS) is 11.8. The van der Waals surface area contributed by atoms with Crippen LogP contribution in [0.4, 0.5) is 0 Å². The van der Waals surface area contributed by atoms with Crippen molar-refractivity contribution < 1.29 is 19.0 Å². The lowest BCUT2D eigenvalue weighted by Gasteiger charge is -2.17. The molecule has 1 aromatic heterocycles. The SMILES string of the molecule is COC(=O)C(OC)c1ccccc1COc1ccn(-c2ccc(Cl)cc2)n1. The summed E-state index contributed by atoms with van der Waals surface area (Å²) < 4.78 is 17.6. The van der Waals surface area contributed by atoms with E-state index in [-0.39, 0.29) is 6.61 Å². The molecule has 0 N–H and O–H groups in total. The molecule has 0 aliphatic heterocycles. The van der Waals surface area contributed by atoms with Gasteiger partial charge < -0.3 is 14.2 Å². The Labute approximate surface area is 162 Å². The van der Waals surface area contributed by atoms with Gasteiger partial charge in [0.25, 0.3) is 0 Å². The Balaban J connectivity index is 1.74. The number of hydrogen-bond acceptors (Lipinski definition) is 5. The van der Waals surface area contributed by atoms with Crippen molar-refractivity contribution >= 4 is 17.6 Å². The highest BCUT2D eigenvalue weighted by Crippen LogP contribution is 2.24. The van der Waals surface area contributed by atoms with Crippen LogP contribution in [0.15, 0.2) is 60.8 Å². The van der Waals surface area contributed by atoms with Crippen molar-refractivity contribution in [3.63, 3.8) is 0 Å². The van der Waals surface area contributed by atoms with Gasteiger partial charge in [-0.25, -0.2) is 9.48 Å². The lowest BCUT2D eigenvalue weighted by Crippen LogP contribution is -2.18. The standard InChI is InChI=1S/C20H19ClN2O4/c1-25-19(20(24)26-2)17-6-4-3-5-14(17)13-27-18-11-12-23(22-18)16-9-7-15(21)8-10-16/h3-12,19H,13H2,1-2H3. The Hall–Kier alpha value is -2.83. The highest BCUT2D eigenvalue weighted by atomic mass is 35.5. The van der Waals surface area contributed by atoms with Crippen molar-refractivity contribution in [2.45, 2.75) is 12.7 Å². The maximum atomic E-state index is 11.9. The fraction of sp³-hybridized carbons (Fsp3) is 0.200. The third-order valence-corrected chi connectivity index (χ3v) is 4.27. The first-order chi connectivity index (χ1) is 13.1. The third kappa shape index (κ3) is 4.48. The maximum Gasteiger partial charge on any atom is 0.339 e. The van der Waals surface area contributed by atoms with Crippen molar-refractivity contribution in [3.8, 4) is 11.6 Å². The number of carbonyl (C=O) groups excluding carboxylic acids is 1. The molecule has 0 aliphatic rings. The second-order valence-corrected chi connectivity index (χ2v) is 6.14. The summed E-state index contributed by atoms with van der Waals surface area (Å²) in [6.45, 7) is 0.241. The quantitative estimate of drug-likeness (QED) is 0.575. The lowest BCUT2D eigenvalue weighted by molar-refractivity contribution is -0.152. The number of halogens is 1. The molecular formula is C20H19ClN2O4. The predicted molar refractivity (Wildman–Crippen MR) is 101 cm³/mol. The van der Waals surface area contributed by atoms with Gasteiger partial charge in [-0.05, 0) is 35.4 Å². The number of hydrogen-bond donors (Lipinski definition) is 0. The van der Waals surface area contributed by atoms with Crippen molar-refractivity contribution in [3.05, 3.63) is 76.9 Å². The minimum Gasteiger partial charge on any atom is -0.472 e. The van der Waals surface area contributed by atoms with Crippen LogP contribution in [0.3, 0.4) is 0 Å². The van der Waals surface area contributed by atoms with E-state index in [0.717, 1.165) is 11.3 Å². The van der Waals surface area contributed by atoms with Crippen LogP contribution in [0.2, 0.25) is 5.02 Å². The molecule has 0 fully saturated rings. The Morgan fingerprint density at radius 2 is 1.85 bits per heavy atom. The second-order valence-electron chi connectivity index (χ2n) is 5.70. The van der Waals surface area contributed by atoms with Gasteiger partial charge in [0, 0.05) is 24.4 Å². The molecule has 7 heteroatoms. The molecule has 2 aromatic carbocycles. The van der Waals surface area contributed by atoms with Gasteiger partial charge in [0.05, 0.1) is 12.8 Å². The van der Waals surface area contributed by atoms with Gasteiger partial charge in [-0.1, -0.05) is 35.9 Å². The number of ether oxygens (including phenoxy) is 3. The van der Waals surface area contributed by atoms with E-state index < -0.39 is 12.1 Å². The first-order valence-electron chi connectivity index (χ1n) is 8.25. The van der Waals surface area contributed by atoms with Crippen LogP contribution in [-0.4, -0.2) is 30.0 Å². The van der Waals surface area contributed by atoms with Gasteiger partial charge in [0.15, 0.2) is 6.10 Å². The molecule has 6 nitrogen and oxygen atoms in total. The molecular weight excluding hydrogens is 368 g/mol. The molecule has 0 aliphatic carbocycles. The molecule has 0 saturated heterocycles. The summed E-state index contributed by atoms with van der Waals surface area (Å²) in [5, 5.41) is 5.06. The first-order valence-corrected chi connectivity index (χ1v) is 8.63. The molecule has 0 amide bonds. The van der Waals surface area contributed by atoms with Gasteiger partial charge in [0.1, 0.15) is 6.61 Å². The summed E-state index contributed by atoms with van der Waals surface area (Å²) in [5.41, 5.74) is 2.39. The summed E-state index contributed by atoms with van der Waals surface area (Å²) in [5.74, 6) is 0.00348. The molecule has 0 saturated carbocycles. The molecule has 140 valence electrons. The average Bonchev–Trinajstić information content (AvgIpc) is 3.17. The molecule has 1 atom stereocenters. The minimum atomic E-state index is -0.804. The van der Waals surface area contributed by atoms with E-state index >= 15 is 0 Å². The highest BCUT2D eigenvalue weighted by Gasteiger charge is 2.23. The van der Waals surface area contributed by atoms with E-state index in [1.165, 1.54) is 14.2 Å². The summed E-state index contributed by atoms with van der Waals surface area (Å²) >= 11 is 5.91. The largest absolute Gasteiger partial charge is 0.472 e. The Morgan fingerprint density at radius 1 is 1.11 bits per heavy atom. The summed E-state index contributed by atoms with van der Waals surface area (Å²) in [4.78, 5) is 11.9. The van der Waals surface area contributed by atoms with Crippen LogP contribution >= 0.6 is 11.6 Å². The predicted octanol–water partition coefficient (Wildman–Crippen LogP) is 3.97. The fourth-order valence-corrected chi connectivity index (χ4v) is 2.78. The van der Waals surface area contributed by atoms with E-state index in [0.29, 0.717) is 16.5 Å². The van der Waals surface area contributed by atoms with E-state index in [1.807, 2.05) is 36.4 Å². The number of methoxy groups -OCH3 is 2. The van der Waals surface area contributed by atoms with Gasteiger partial charge in [-0.2, -0.15) is 0 Å². The van der Waals surface area contributed by atoms with Crippen LogP contribution in [0, 0.1) is 0 Å². The maximum absolute atomic E-state index is 11.9. The summed E-state index contributed by atoms with van der Waals surface area (Å²) in [6.07, 6.45) is 0.998. The van der Waals surface area contributed by atoms with Crippen molar-refractivity contribution in [1.82, 2.24) is 9.78 Å². The topological polar surface area (TPSA) is 62.6 Å². The van der Waals surface area contributed by atoms with Gasteiger partial charge in [-0.3, -0.25) is 0 Å². The second kappa shape index (κ2) is 8.70. The summed E-state index contributed by atoms with van der Waals surface area (Å²) in [6, 6.07) is 16.5. The molecule has 3 aromatic rings. The first kappa shape index (κ1) is 18.9. The van der Waals surface area contributed by atoms with Crippen LogP contribution in [0.5, 0.6) is 5.88 Å². The number of nitrogens with zero attached hydrogens (tertiary/aromatic N) is 2. The number of carbonyl (C=O) groups is 1. The van der Waals surface area contributed by atoms with Gasteiger partial charge in [0.2, 0.25) is 5.88 Å². The zero-order chi connectivity index (χ0) is 19.2. The number of esters is 1. The van der Waals surface area contributed by atoms with Gasteiger partial charge in [-0.15, -0.1) is 5.10 Å². The average molecular weight is 387 g/mol. The van der Waals surface area contributed by atoms with Crippen LogP contribution < -0.4 is 4.74 Å². The third-order valence-electron chi connectivity index (χ3n) is 4.02. The Bertz CT molecular complexity index is 908. The molecule has 1 unspecified atom stereocenters. The van der Waals surface area contributed by atoms with E-state index in [1.54, 1.807) is 29.1 Å². The Morgan fingerprint density at radius 3 is 2.56 bits per heavy atom. The monoisotopic (exact) mass is 386 g/mol. The Kier molecular flexibility index (Phi) is 6.11. The number of aromatic nitrogens is 2. The molecule has 0 bridgehead atoms. The molecule has 0 spiro atoms. The lowest BCUT2D eigenvalue weighted by atomic mass is 10.0. The van der Waals surface area contributed by atoms with Crippen LogP contribution in [-0.2, 0) is 20.9 Å². The van der Waals surface area contributed by atoms with Crippen molar-refractivity contribution in [2.24, 2.45) is 0 Å². The summed E-state index contributed by atoms with van der Waals surface area (Å²) in [7, 11) is 2.80. The number of rotatable bonds is 7. The fourth-order valence-electron chi connectivity index (χ4n) is 2.65.